The summed E-state index contributed by atoms with van der Waals surface area (Å²) in [4.78, 5) is 14.3. The van der Waals surface area contributed by atoms with Crippen molar-refractivity contribution in [3.8, 4) is 17.2 Å². The Morgan fingerprint density at radius 1 is 1.11 bits per heavy atom. The van der Waals surface area contributed by atoms with Crippen LogP contribution in [0.15, 0.2) is 35.7 Å². The largest absolute Gasteiger partial charge is 0.493 e. The number of esters is 1. The molecule has 4 aliphatic heterocycles. The van der Waals surface area contributed by atoms with Crippen molar-refractivity contribution in [1.82, 2.24) is 0 Å². The number of nitrogens with zero attached hydrogens (tertiary/aromatic N) is 1. The van der Waals surface area contributed by atoms with Crippen LogP contribution in [0.25, 0.3) is 0 Å². The molecule has 5 heterocycles. The highest BCUT2D eigenvalue weighted by molar-refractivity contribution is 7.10. The Balaban J connectivity index is 1.07. The summed E-state index contributed by atoms with van der Waals surface area (Å²) < 4.78 is 24.0. The molecule has 2 atom stereocenters. The smallest absolute Gasteiger partial charge is 0.344 e. The summed E-state index contributed by atoms with van der Waals surface area (Å²) in [6, 6.07) is 9.48. The number of ether oxygens (including phenoxy) is 4. The lowest BCUT2D eigenvalue weighted by Crippen LogP contribution is -2.65. The molecule has 3 saturated heterocycles. The first kappa shape index (κ1) is 24.1. The van der Waals surface area contributed by atoms with Crippen LogP contribution in [-0.4, -0.2) is 61.2 Å². The van der Waals surface area contributed by atoms with Crippen molar-refractivity contribution in [3.05, 3.63) is 40.6 Å². The highest BCUT2D eigenvalue weighted by atomic mass is 32.1. The Morgan fingerprint density at radius 3 is 2.69 bits per heavy atom. The molecular formula is C28H36NO6S+. The van der Waals surface area contributed by atoms with Gasteiger partial charge in [-0.25, -0.2) is 4.79 Å². The normalized spacial score (nSPS) is 28.7. The standard InChI is InChI=1S/C28H36NO6S/c30-27(28(31,21-5-1-2-6-21)26-7-3-16-36-26)35-25-18-29(13-10-20(25)11-14-29)12-4-15-32-22-8-9-23-24(17-22)34-19-33-23/h3,7-9,16-17,20-21,25,31H,1-2,4-6,10-15,18-19H2/q+1/t20?,25?,28-,29?/m1/s1. The molecule has 194 valence electrons. The molecule has 0 radical (unpaired) electrons. The van der Waals surface area contributed by atoms with Gasteiger partial charge in [0.25, 0.3) is 0 Å². The zero-order chi connectivity index (χ0) is 24.6. The van der Waals surface area contributed by atoms with Gasteiger partial charge in [-0.2, -0.15) is 0 Å². The highest BCUT2D eigenvalue weighted by Crippen LogP contribution is 2.44. The second-order valence-electron chi connectivity index (χ2n) is 10.9. The number of thiophene rings is 1. The predicted octanol–water partition coefficient (Wildman–Crippen LogP) is 4.48. The van der Waals surface area contributed by atoms with Crippen LogP contribution < -0.4 is 14.2 Å². The number of fused-ring (bicyclic) bond motifs is 4. The number of benzene rings is 1. The predicted molar refractivity (Wildman–Crippen MR) is 135 cm³/mol. The van der Waals surface area contributed by atoms with Gasteiger partial charge in [-0.3, -0.25) is 0 Å². The van der Waals surface area contributed by atoms with E-state index in [0.717, 1.165) is 97.7 Å². The molecule has 7 nitrogen and oxygen atoms in total. The Labute approximate surface area is 216 Å². The first-order valence-corrected chi connectivity index (χ1v) is 14.3. The Bertz CT molecular complexity index is 1060. The molecule has 7 rings (SSSR count). The summed E-state index contributed by atoms with van der Waals surface area (Å²) in [5.41, 5.74) is -1.51. The van der Waals surface area contributed by atoms with Gasteiger partial charge in [-0.15, -0.1) is 11.3 Å². The average molecular weight is 515 g/mol. The van der Waals surface area contributed by atoms with Crippen molar-refractivity contribution in [2.24, 2.45) is 11.8 Å². The van der Waals surface area contributed by atoms with E-state index < -0.39 is 11.6 Å². The summed E-state index contributed by atoms with van der Waals surface area (Å²) >= 11 is 1.46. The van der Waals surface area contributed by atoms with E-state index in [1.165, 1.54) is 11.3 Å². The van der Waals surface area contributed by atoms with Crippen LogP contribution in [0.3, 0.4) is 0 Å². The van der Waals surface area contributed by atoms with Crippen LogP contribution >= 0.6 is 11.3 Å². The van der Waals surface area contributed by atoms with Crippen molar-refractivity contribution >= 4 is 17.3 Å². The molecule has 1 aliphatic carbocycles. The third kappa shape index (κ3) is 4.48. The molecule has 1 aromatic carbocycles. The van der Waals surface area contributed by atoms with Gasteiger partial charge in [0.05, 0.1) is 26.2 Å². The van der Waals surface area contributed by atoms with Crippen LogP contribution in [0.5, 0.6) is 17.2 Å². The van der Waals surface area contributed by atoms with Crippen LogP contribution in [0, 0.1) is 11.8 Å². The van der Waals surface area contributed by atoms with Gasteiger partial charge in [0.2, 0.25) is 6.79 Å². The minimum atomic E-state index is -1.51. The first-order chi connectivity index (χ1) is 17.6. The molecule has 36 heavy (non-hydrogen) atoms. The molecule has 4 fully saturated rings. The summed E-state index contributed by atoms with van der Waals surface area (Å²) in [5.74, 6) is 2.20. The molecule has 1 aromatic heterocycles. The van der Waals surface area contributed by atoms with E-state index in [1.807, 2.05) is 35.7 Å². The maximum atomic E-state index is 13.6. The van der Waals surface area contributed by atoms with E-state index in [0.29, 0.717) is 12.5 Å². The Kier molecular flexibility index (Phi) is 6.60. The molecule has 2 bridgehead atoms. The Hall–Kier alpha value is -2.29. The minimum Gasteiger partial charge on any atom is -0.493 e. The molecular weight excluding hydrogens is 478 g/mol. The summed E-state index contributed by atoms with van der Waals surface area (Å²) in [6.07, 6.45) is 6.83. The van der Waals surface area contributed by atoms with Gasteiger partial charge < -0.3 is 28.5 Å². The molecule has 8 heteroatoms. The van der Waals surface area contributed by atoms with Gasteiger partial charge >= 0.3 is 5.97 Å². The second kappa shape index (κ2) is 9.88. The van der Waals surface area contributed by atoms with E-state index >= 15 is 0 Å². The third-order valence-corrected chi connectivity index (χ3v) is 9.84. The van der Waals surface area contributed by atoms with Gasteiger partial charge in [-0.05, 0) is 36.4 Å². The number of hydrogen-bond acceptors (Lipinski definition) is 7. The SMILES string of the molecule is O=C(OC1C[N+]2(CCCOc3ccc4c(c3)OCO4)CCC1CC2)[C@](O)(c1cccs1)C1CCCC1. The van der Waals surface area contributed by atoms with Crippen molar-refractivity contribution in [2.45, 2.75) is 56.7 Å². The number of carbonyl (C=O) groups excluding carboxylic acids is 1. The van der Waals surface area contributed by atoms with E-state index in [2.05, 4.69) is 0 Å². The van der Waals surface area contributed by atoms with E-state index in [4.69, 9.17) is 18.9 Å². The molecule has 0 amide bonds. The molecule has 1 N–H and O–H groups in total. The van der Waals surface area contributed by atoms with Crippen molar-refractivity contribution in [2.75, 3.05) is 39.6 Å². The van der Waals surface area contributed by atoms with Crippen LogP contribution in [-0.2, 0) is 15.1 Å². The van der Waals surface area contributed by atoms with Gasteiger partial charge in [0.15, 0.2) is 23.2 Å². The molecule has 1 unspecified atom stereocenters. The second-order valence-corrected chi connectivity index (χ2v) is 11.9. The topological polar surface area (TPSA) is 74.2 Å². The van der Waals surface area contributed by atoms with E-state index in [1.54, 1.807) is 0 Å². The third-order valence-electron chi connectivity index (χ3n) is 8.84. The van der Waals surface area contributed by atoms with Crippen LogP contribution in [0.4, 0.5) is 0 Å². The zero-order valence-corrected chi connectivity index (χ0v) is 21.5. The maximum absolute atomic E-state index is 13.6. The number of rotatable bonds is 9. The molecule has 5 aliphatic rings. The average Bonchev–Trinajstić information content (AvgIpc) is 3.69. The highest BCUT2D eigenvalue weighted by Gasteiger charge is 2.53. The van der Waals surface area contributed by atoms with Gasteiger partial charge in [0.1, 0.15) is 12.3 Å². The summed E-state index contributed by atoms with van der Waals surface area (Å²) in [7, 11) is 0. The summed E-state index contributed by atoms with van der Waals surface area (Å²) in [6.45, 7) is 4.99. The monoisotopic (exact) mass is 514 g/mol. The first-order valence-electron chi connectivity index (χ1n) is 13.4. The number of quaternary nitrogens is 1. The summed E-state index contributed by atoms with van der Waals surface area (Å²) in [5, 5.41) is 13.7. The number of aliphatic hydroxyl groups is 1. The number of hydrogen-bond donors (Lipinski definition) is 1. The fraction of sp³-hybridized carbons (Fsp3) is 0.607. The van der Waals surface area contributed by atoms with Crippen LogP contribution in [0.1, 0.15) is 49.8 Å². The Morgan fingerprint density at radius 2 is 1.92 bits per heavy atom. The lowest BCUT2D eigenvalue weighted by molar-refractivity contribution is -0.946. The van der Waals surface area contributed by atoms with E-state index in [9.17, 15) is 9.90 Å². The zero-order valence-electron chi connectivity index (χ0n) is 20.7. The number of piperidine rings is 3. The fourth-order valence-electron chi connectivity index (χ4n) is 6.76. The van der Waals surface area contributed by atoms with Gasteiger partial charge in [0, 0.05) is 42.0 Å². The van der Waals surface area contributed by atoms with Crippen molar-refractivity contribution < 1.29 is 33.3 Å². The maximum Gasteiger partial charge on any atom is 0.344 e. The van der Waals surface area contributed by atoms with Crippen molar-refractivity contribution in [3.63, 3.8) is 0 Å². The lowest BCUT2D eigenvalue weighted by Gasteiger charge is -2.52. The number of carbonyl (C=O) groups is 1. The van der Waals surface area contributed by atoms with E-state index in [-0.39, 0.29) is 18.8 Å². The lowest BCUT2D eigenvalue weighted by atomic mass is 9.82. The van der Waals surface area contributed by atoms with Crippen molar-refractivity contribution in [1.29, 1.82) is 0 Å². The quantitative estimate of drug-likeness (QED) is 0.302. The fourth-order valence-corrected chi connectivity index (χ4v) is 7.65. The van der Waals surface area contributed by atoms with Crippen LogP contribution in [0.2, 0.25) is 0 Å². The molecule has 0 spiro atoms. The minimum absolute atomic E-state index is 0.0544. The molecule has 1 saturated carbocycles. The molecule has 2 aromatic rings. The van der Waals surface area contributed by atoms with Gasteiger partial charge in [-0.1, -0.05) is 18.9 Å².